The largest absolute Gasteiger partial charge is 0.359 e. The van der Waals surface area contributed by atoms with Gasteiger partial charge in [0.2, 0.25) is 0 Å². The molecule has 94 valence electrons. The van der Waals surface area contributed by atoms with Crippen molar-refractivity contribution in [3.05, 3.63) is 42.5 Å². The van der Waals surface area contributed by atoms with E-state index in [0.717, 1.165) is 6.42 Å². The minimum atomic E-state index is -3.66. The van der Waals surface area contributed by atoms with Crippen molar-refractivity contribution in [3.8, 4) is 0 Å². The molecule has 0 radical (unpaired) electrons. The van der Waals surface area contributed by atoms with Crippen molar-refractivity contribution in [1.82, 2.24) is 0 Å². The summed E-state index contributed by atoms with van der Waals surface area (Å²) < 4.78 is 16.8. The van der Waals surface area contributed by atoms with Crippen LogP contribution >= 0.6 is 7.60 Å². The molecule has 0 heterocycles. The van der Waals surface area contributed by atoms with Gasteiger partial charge in [-0.05, 0) is 24.5 Å². The van der Waals surface area contributed by atoms with Crippen LogP contribution in [0, 0.1) is 5.92 Å². The molecule has 1 unspecified atom stereocenters. The number of allylic oxidation sites excluding steroid dienone is 1. The molecule has 0 aromatic heterocycles. The van der Waals surface area contributed by atoms with E-state index in [1.54, 1.807) is 36.4 Å². The molecular formula is C13H19O3P. The molecule has 3 nitrogen and oxygen atoms in total. The molecule has 0 aliphatic carbocycles. The SMILES string of the molecule is CC(C)CC=CCOP(=O)(O)c1ccccc1. The van der Waals surface area contributed by atoms with Gasteiger partial charge in [-0.3, -0.25) is 4.57 Å². The standard InChI is InChI=1S/C13H19O3P/c1-12(2)8-6-7-11-16-17(14,15)13-9-4-3-5-10-13/h3-7,9-10,12H,8,11H2,1-2H3,(H,14,15). The van der Waals surface area contributed by atoms with E-state index in [4.69, 9.17) is 4.52 Å². The van der Waals surface area contributed by atoms with Crippen LogP contribution in [0.1, 0.15) is 20.3 Å². The van der Waals surface area contributed by atoms with Crippen LogP contribution < -0.4 is 5.30 Å². The molecule has 0 aliphatic rings. The number of rotatable bonds is 6. The summed E-state index contributed by atoms with van der Waals surface area (Å²) in [4.78, 5) is 9.69. The average molecular weight is 254 g/mol. The van der Waals surface area contributed by atoms with Gasteiger partial charge in [0.15, 0.2) is 0 Å². The Bertz CT molecular complexity index is 398. The monoisotopic (exact) mass is 254 g/mol. The zero-order chi connectivity index (χ0) is 12.7. The lowest BCUT2D eigenvalue weighted by atomic mass is 10.1. The minimum absolute atomic E-state index is 0.162. The Balaban J connectivity index is 2.46. The second-order valence-corrected chi connectivity index (χ2v) is 6.07. The third-order valence-electron chi connectivity index (χ3n) is 2.20. The molecule has 1 atom stereocenters. The Morgan fingerprint density at radius 3 is 2.53 bits per heavy atom. The quantitative estimate of drug-likeness (QED) is 0.626. The topological polar surface area (TPSA) is 46.5 Å². The number of hydrogen-bond donors (Lipinski definition) is 1. The van der Waals surface area contributed by atoms with E-state index < -0.39 is 7.60 Å². The van der Waals surface area contributed by atoms with Crippen LogP contribution in [-0.2, 0) is 9.09 Å². The second kappa shape index (κ2) is 6.75. The highest BCUT2D eigenvalue weighted by atomic mass is 31.2. The molecule has 0 saturated carbocycles. The van der Waals surface area contributed by atoms with Crippen LogP contribution in [0.5, 0.6) is 0 Å². The number of benzene rings is 1. The lowest BCUT2D eigenvalue weighted by molar-refractivity contribution is 0.298. The van der Waals surface area contributed by atoms with Crippen molar-refractivity contribution in [2.45, 2.75) is 20.3 Å². The highest BCUT2D eigenvalue weighted by molar-refractivity contribution is 7.61. The van der Waals surface area contributed by atoms with Gasteiger partial charge in [0.05, 0.1) is 11.9 Å². The van der Waals surface area contributed by atoms with E-state index in [1.807, 2.05) is 6.08 Å². The molecular weight excluding hydrogens is 235 g/mol. The van der Waals surface area contributed by atoms with Gasteiger partial charge in [0, 0.05) is 0 Å². The molecule has 1 N–H and O–H groups in total. The minimum Gasteiger partial charge on any atom is -0.321 e. The Labute approximate surface area is 103 Å². The molecule has 0 aliphatic heterocycles. The lowest BCUT2D eigenvalue weighted by Crippen LogP contribution is -2.06. The normalized spacial score (nSPS) is 15.3. The van der Waals surface area contributed by atoms with Gasteiger partial charge in [-0.1, -0.05) is 44.2 Å². The van der Waals surface area contributed by atoms with Gasteiger partial charge >= 0.3 is 7.60 Å². The zero-order valence-corrected chi connectivity index (χ0v) is 11.1. The molecule has 4 heteroatoms. The maximum Gasteiger partial charge on any atom is 0.359 e. The third-order valence-corrected chi connectivity index (χ3v) is 3.65. The molecule has 0 spiro atoms. The van der Waals surface area contributed by atoms with E-state index in [-0.39, 0.29) is 6.61 Å². The number of hydrogen-bond acceptors (Lipinski definition) is 2. The van der Waals surface area contributed by atoms with Crippen LogP contribution in [-0.4, -0.2) is 11.5 Å². The van der Waals surface area contributed by atoms with Gasteiger partial charge in [0.25, 0.3) is 0 Å². The highest BCUT2D eigenvalue weighted by Gasteiger charge is 2.20. The van der Waals surface area contributed by atoms with E-state index in [1.165, 1.54) is 0 Å². The first-order valence-electron chi connectivity index (χ1n) is 5.70. The fraction of sp³-hybridized carbons (Fsp3) is 0.385. The van der Waals surface area contributed by atoms with Crippen LogP contribution in [0.3, 0.4) is 0 Å². The van der Waals surface area contributed by atoms with Gasteiger partial charge in [0.1, 0.15) is 0 Å². The Morgan fingerprint density at radius 1 is 1.29 bits per heavy atom. The summed E-state index contributed by atoms with van der Waals surface area (Å²) in [6.45, 7) is 4.40. The van der Waals surface area contributed by atoms with E-state index >= 15 is 0 Å². The first-order valence-corrected chi connectivity index (χ1v) is 7.28. The average Bonchev–Trinajstić information content (AvgIpc) is 2.29. The molecule has 0 saturated heterocycles. The maximum absolute atomic E-state index is 11.8. The molecule has 0 amide bonds. The Morgan fingerprint density at radius 2 is 1.94 bits per heavy atom. The van der Waals surface area contributed by atoms with E-state index in [0.29, 0.717) is 11.2 Å². The van der Waals surface area contributed by atoms with Gasteiger partial charge < -0.3 is 9.42 Å². The predicted octanol–water partition coefficient (Wildman–Crippen LogP) is 3.12. The first-order chi connectivity index (χ1) is 8.02. The first kappa shape index (κ1) is 14.2. The molecule has 1 aromatic rings. The van der Waals surface area contributed by atoms with Crippen molar-refractivity contribution in [1.29, 1.82) is 0 Å². The maximum atomic E-state index is 11.8. The van der Waals surface area contributed by atoms with Crippen molar-refractivity contribution < 1.29 is 14.0 Å². The molecule has 0 bridgehead atoms. The van der Waals surface area contributed by atoms with E-state index in [9.17, 15) is 9.46 Å². The molecule has 1 aromatic carbocycles. The van der Waals surface area contributed by atoms with Crippen LogP contribution in [0.2, 0.25) is 0 Å². The fourth-order valence-corrected chi connectivity index (χ4v) is 2.26. The summed E-state index contributed by atoms with van der Waals surface area (Å²) >= 11 is 0. The van der Waals surface area contributed by atoms with Gasteiger partial charge in [-0.2, -0.15) is 0 Å². The van der Waals surface area contributed by atoms with Crippen molar-refractivity contribution >= 4 is 12.9 Å². The zero-order valence-electron chi connectivity index (χ0n) is 10.2. The predicted molar refractivity (Wildman–Crippen MR) is 70.4 cm³/mol. The van der Waals surface area contributed by atoms with Crippen LogP contribution in [0.25, 0.3) is 0 Å². The van der Waals surface area contributed by atoms with Crippen molar-refractivity contribution in [2.75, 3.05) is 6.61 Å². The Kier molecular flexibility index (Phi) is 5.63. The second-order valence-electron chi connectivity index (χ2n) is 4.25. The van der Waals surface area contributed by atoms with Gasteiger partial charge in [-0.15, -0.1) is 0 Å². The summed E-state index contributed by atoms with van der Waals surface area (Å²) in [5.74, 6) is 0.585. The van der Waals surface area contributed by atoms with E-state index in [2.05, 4.69) is 13.8 Å². The molecule has 1 rings (SSSR count). The fourth-order valence-electron chi connectivity index (χ4n) is 1.27. The van der Waals surface area contributed by atoms with Crippen molar-refractivity contribution in [3.63, 3.8) is 0 Å². The summed E-state index contributed by atoms with van der Waals surface area (Å²) in [5.41, 5.74) is 0. The lowest BCUT2D eigenvalue weighted by Gasteiger charge is -2.10. The third kappa shape index (κ3) is 5.31. The molecule has 17 heavy (non-hydrogen) atoms. The summed E-state index contributed by atoms with van der Waals surface area (Å²) in [6, 6.07) is 8.43. The highest BCUT2D eigenvalue weighted by Crippen LogP contribution is 2.40. The summed E-state index contributed by atoms with van der Waals surface area (Å²) in [5, 5.41) is 0.331. The summed E-state index contributed by atoms with van der Waals surface area (Å²) in [6.07, 6.45) is 4.70. The van der Waals surface area contributed by atoms with Crippen LogP contribution in [0.15, 0.2) is 42.5 Å². The Hall–Kier alpha value is -0.890. The summed E-state index contributed by atoms with van der Waals surface area (Å²) in [7, 11) is -3.66. The smallest absolute Gasteiger partial charge is 0.321 e. The van der Waals surface area contributed by atoms with Crippen LogP contribution in [0.4, 0.5) is 0 Å². The van der Waals surface area contributed by atoms with Crippen molar-refractivity contribution in [2.24, 2.45) is 5.92 Å². The van der Waals surface area contributed by atoms with Gasteiger partial charge in [-0.25, -0.2) is 0 Å². The molecule has 0 fully saturated rings.